The van der Waals surface area contributed by atoms with Gasteiger partial charge in [-0.2, -0.15) is 4.98 Å². The summed E-state index contributed by atoms with van der Waals surface area (Å²) in [6.07, 6.45) is 6.11. The van der Waals surface area contributed by atoms with E-state index in [1.165, 1.54) is 38.0 Å². The molecule has 106 valence electrons. The van der Waals surface area contributed by atoms with Gasteiger partial charge >= 0.3 is 0 Å². The molecule has 0 spiro atoms. The van der Waals surface area contributed by atoms with E-state index in [9.17, 15) is 0 Å². The number of piperidine rings is 1. The normalized spacial score (nSPS) is 26.9. The number of fused-ring (bicyclic) bond motifs is 2. The van der Waals surface area contributed by atoms with Crippen LogP contribution in [0.2, 0.25) is 0 Å². The molecule has 1 aromatic rings. The topological polar surface area (TPSA) is 32.5 Å². The third-order valence-corrected chi connectivity index (χ3v) is 4.54. The quantitative estimate of drug-likeness (QED) is 0.838. The molecule has 0 unspecified atom stereocenters. The maximum absolute atomic E-state index is 5.93. The molecular weight excluding hydrogens is 238 g/mol. The Balaban J connectivity index is 1.82. The highest BCUT2D eigenvalue weighted by Crippen LogP contribution is 2.36. The van der Waals surface area contributed by atoms with E-state index in [1.54, 1.807) is 0 Å². The molecule has 0 N–H and O–H groups in total. The Bertz CT molecular complexity index is 439. The number of nitrogens with zero attached hydrogens (tertiary/aromatic N) is 3. The molecule has 1 fully saturated rings. The minimum absolute atomic E-state index is 0.684. The molecule has 1 saturated heterocycles. The van der Waals surface area contributed by atoms with E-state index >= 15 is 0 Å². The minimum atomic E-state index is 0.684. The summed E-state index contributed by atoms with van der Waals surface area (Å²) in [5.41, 5.74) is 1.21. The van der Waals surface area contributed by atoms with Gasteiger partial charge in [0.05, 0.1) is 5.69 Å². The fraction of sp³-hybridized carbons (Fsp3) is 0.800. The van der Waals surface area contributed by atoms with Crippen molar-refractivity contribution in [3.63, 3.8) is 0 Å². The van der Waals surface area contributed by atoms with E-state index in [4.69, 9.17) is 4.42 Å². The number of anilines is 1. The first-order chi connectivity index (χ1) is 9.19. The highest BCUT2D eigenvalue weighted by molar-refractivity contribution is 5.30. The van der Waals surface area contributed by atoms with Crippen molar-refractivity contribution in [3.8, 4) is 0 Å². The number of hydrogen-bond donors (Lipinski definition) is 0. The smallest absolute Gasteiger partial charge is 0.297 e. The highest BCUT2D eigenvalue weighted by atomic mass is 16.4. The second-order valence-corrected chi connectivity index (χ2v) is 6.17. The highest BCUT2D eigenvalue weighted by Gasteiger charge is 2.37. The van der Waals surface area contributed by atoms with Gasteiger partial charge in [-0.25, -0.2) is 0 Å². The Labute approximate surface area is 115 Å². The van der Waals surface area contributed by atoms with E-state index in [0.717, 1.165) is 30.5 Å². The number of aromatic nitrogens is 1. The molecule has 0 bridgehead atoms. The lowest BCUT2D eigenvalue weighted by Crippen LogP contribution is -2.49. The third-order valence-electron chi connectivity index (χ3n) is 4.54. The second kappa shape index (κ2) is 5.16. The van der Waals surface area contributed by atoms with Crippen molar-refractivity contribution in [2.75, 3.05) is 32.1 Å². The lowest BCUT2D eigenvalue weighted by atomic mass is 9.79. The van der Waals surface area contributed by atoms with Crippen molar-refractivity contribution in [1.82, 2.24) is 9.88 Å². The van der Waals surface area contributed by atoms with Gasteiger partial charge in [0.15, 0.2) is 0 Å². The summed E-state index contributed by atoms with van der Waals surface area (Å²) >= 11 is 0. The lowest BCUT2D eigenvalue weighted by molar-refractivity contribution is 0.0799. The van der Waals surface area contributed by atoms with Crippen molar-refractivity contribution in [1.29, 1.82) is 0 Å². The zero-order valence-electron chi connectivity index (χ0n) is 12.4. The predicted octanol–water partition coefficient (Wildman–Crippen LogP) is 2.33. The predicted molar refractivity (Wildman–Crippen MR) is 76.6 cm³/mol. The summed E-state index contributed by atoms with van der Waals surface area (Å²) in [7, 11) is 3.99. The molecule has 3 rings (SSSR count). The van der Waals surface area contributed by atoms with Crippen LogP contribution in [0.25, 0.3) is 0 Å². The molecule has 2 aliphatic rings. The monoisotopic (exact) mass is 263 g/mol. The molecule has 1 aliphatic carbocycles. The Kier molecular flexibility index (Phi) is 3.52. The van der Waals surface area contributed by atoms with Crippen molar-refractivity contribution < 1.29 is 4.42 Å². The van der Waals surface area contributed by atoms with Gasteiger partial charge in [-0.05, 0) is 44.7 Å². The molecule has 0 saturated carbocycles. The standard InChI is InChI=1S/C15H25N3O/c1-4-7-18-8-5-6-11-9-12-14(10-13(11)18)19-15(16-12)17(2)3/h11,13H,4-10H2,1-3H3/t11-,13-/m1/s1. The zero-order valence-corrected chi connectivity index (χ0v) is 12.4. The van der Waals surface area contributed by atoms with Crippen molar-refractivity contribution >= 4 is 6.01 Å². The van der Waals surface area contributed by atoms with Crippen molar-refractivity contribution in [2.24, 2.45) is 5.92 Å². The number of oxazole rings is 1. The van der Waals surface area contributed by atoms with Crippen LogP contribution >= 0.6 is 0 Å². The summed E-state index contributed by atoms with van der Waals surface area (Å²) in [5.74, 6) is 1.92. The van der Waals surface area contributed by atoms with Crippen LogP contribution in [0.5, 0.6) is 0 Å². The molecular formula is C15H25N3O. The number of likely N-dealkylation sites (tertiary alicyclic amines) is 1. The summed E-state index contributed by atoms with van der Waals surface area (Å²) in [5, 5.41) is 0. The van der Waals surface area contributed by atoms with E-state index in [-0.39, 0.29) is 0 Å². The first kappa shape index (κ1) is 13.0. The van der Waals surface area contributed by atoms with Crippen molar-refractivity contribution in [2.45, 2.75) is 45.1 Å². The van der Waals surface area contributed by atoms with Crippen LogP contribution in [0, 0.1) is 5.92 Å². The summed E-state index contributed by atoms with van der Waals surface area (Å²) in [6, 6.07) is 1.45. The Morgan fingerprint density at radius 1 is 1.37 bits per heavy atom. The number of rotatable bonds is 3. The fourth-order valence-corrected chi connectivity index (χ4v) is 3.63. The van der Waals surface area contributed by atoms with Crippen LogP contribution in [0.4, 0.5) is 6.01 Å². The summed E-state index contributed by atoms with van der Waals surface area (Å²) < 4.78 is 5.93. The van der Waals surface area contributed by atoms with Crippen LogP contribution < -0.4 is 4.90 Å². The zero-order chi connectivity index (χ0) is 13.4. The van der Waals surface area contributed by atoms with Crippen LogP contribution in [0.15, 0.2) is 4.42 Å². The maximum Gasteiger partial charge on any atom is 0.297 e. The fourth-order valence-electron chi connectivity index (χ4n) is 3.63. The van der Waals surface area contributed by atoms with E-state index in [0.29, 0.717) is 6.04 Å². The van der Waals surface area contributed by atoms with Crippen LogP contribution in [0.1, 0.15) is 37.6 Å². The first-order valence-corrected chi connectivity index (χ1v) is 7.59. The Hall–Kier alpha value is -1.03. The summed E-state index contributed by atoms with van der Waals surface area (Å²) in [6.45, 7) is 4.76. The Morgan fingerprint density at radius 2 is 2.21 bits per heavy atom. The SMILES string of the molecule is CCCN1CCC[C@@H]2Cc3nc(N(C)C)oc3C[C@H]21. The molecule has 0 radical (unpaired) electrons. The molecule has 2 heterocycles. The largest absolute Gasteiger partial charge is 0.428 e. The third kappa shape index (κ3) is 2.38. The lowest BCUT2D eigenvalue weighted by Gasteiger charge is -2.43. The van der Waals surface area contributed by atoms with E-state index in [1.807, 2.05) is 19.0 Å². The Morgan fingerprint density at radius 3 is 2.95 bits per heavy atom. The molecule has 1 aromatic heterocycles. The van der Waals surface area contributed by atoms with E-state index < -0.39 is 0 Å². The van der Waals surface area contributed by atoms with Gasteiger partial charge in [0.1, 0.15) is 5.76 Å². The van der Waals surface area contributed by atoms with Crippen molar-refractivity contribution in [3.05, 3.63) is 11.5 Å². The molecule has 4 nitrogen and oxygen atoms in total. The van der Waals surface area contributed by atoms with Gasteiger partial charge in [-0.3, -0.25) is 4.90 Å². The molecule has 4 heteroatoms. The molecule has 0 amide bonds. The van der Waals surface area contributed by atoms with Crippen LogP contribution in [-0.4, -0.2) is 43.1 Å². The van der Waals surface area contributed by atoms with Gasteiger partial charge in [0.2, 0.25) is 0 Å². The average molecular weight is 263 g/mol. The van der Waals surface area contributed by atoms with Gasteiger partial charge in [-0.15, -0.1) is 0 Å². The van der Waals surface area contributed by atoms with Crippen LogP contribution in [-0.2, 0) is 12.8 Å². The minimum Gasteiger partial charge on any atom is -0.428 e. The van der Waals surface area contributed by atoms with Gasteiger partial charge < -0.3 is 9.32 Å². The first-order valence-electron chi connectivity index (χ1n) is 7.59. The van der Waals surface area contributed by atoms with Gasteiger partial charge in [0.25, 0.3) is 6.01 Å². The van der Waals surface area contributed by atoms with Gasteiger partial charge in [-0.1, -0.05) is 6.92 Å². The summed E-state index contributed by atoms with van der Waals surface area (Å²) in [4.78, 5) is 9.29. The number of hydrogen-bond acceptors (Lipinski definition) is 4. The molecule has 1 aliphatic heterocycles. The second-order valence-electron chi connectivity index (χ2n) is 6.17. The van der Waals surface area contributed by atoms with Crippen LogP contribution in [0.3, 0.4) is 0 Å². The molecule has 19 heavy (non-hydrogen) atoms. The molecule has 0 aromatic carbocycles. The van der Waals surface area contributed by atoms with Gasteiger partial charge in [0, 0.05) is 26.6 Å². The average Bonchev–Trinajstić information content (AvgIpc) is 2.80. The molecule has 2 atom stereocenters. The maximum atomic E-state index is 5.93. The van der Waals surface area contributed by atoms with E-state index in [2.05, 4.69) is 16.8 Å².